The number of aryl methyl sites for hydroxylation is 1. The van der Waals surface area contributed by atoms with Gasteiger partial charge in [-0.25, -0.2) is 4.79 Å². The van der Waals surface area contributed by atoms with Crippen LogP contribution in [0.4, 0.5) is 0 Å². The van der Waals surface area contributed by atoms with Gasteiger partial charge in [-0.1, -0.05) is 48.0 Å². The van der Waals surface area contributed by atoms with Crippen LogP contribution in [0.5, 0.6) is 0 Å². The van der Waals surface area contributed by atoms with E-state index < -0.39 is 12.1 Å². The van der Waals surface area contributed by atoms with Crippen molar-refractivity contribution in [2.75, 3.05) is 0 Å². The van der Waals surface area contributed by atoms with Gasteiger partial charge in [0.1, 0.15) is 6.07 Å². The van der Waals surface area contributed by atoms with Gasteiger partial charge in [0.15, 0.2) is 0 Å². The quantitative estimate of drug-likeness (QED) is 0.785. The molecule has 0 radical (unpaired) electrons. The molecule has 2 aromatic carbocycles. The Bertz CT molecular complexity index is 597. The molecule has 0 saturated carbocycles. The molecule has 1 unspecified atom stereocenters. The van der Waals surface area contributed by atoms with Gasteiger partial charge in [0.05, 0.1) is 5.56 Å². The Morgan fingerprint density at radius 2 is 1.74 bits per heavy atom. The van der Waals surface area contributed by atoms with Gasteiger partial charge < -0.3 is 4.74 Å². The van der Waals surface area contributed by atoms with Crippen molar-refractivity contribution >= 4 is 5.97 Å². The predicted octanol–water partition coefficient (Wildman–Crippen LogP) is 3.42. The van der Waals surface area contributed by atoms with E-state index in [1.807, 2.05) is 31.2 Å². The average Bonchev–Trinajstić information content (AvgIpc) is 2.46. The van der Waals surface area contributed by atoms with Crippen molar-refractivity contribution in [3.63, 3.8) is 0 Å². The maximum atomic E-state index is 11.9. The first-order chi connectivity index (χ1) is 9.20. The number of ether oxygens (including phenoxy) is 1. The van der Waals surface area contributed by atoms with E-state index >= 15 is 0 Å². The first-order valence-electron chi connectivity index (χ1n) is 5.93. The van der Waals surface area contributed by atoms with E-state index in [4.69, 9.17) is 10.00 Å². The molecular weight excluding hydrogens is 238 g/mol. The standard InChI is InChI=1S/C16H13NO2/c1-12-7-9-14(10-8-12)16(18)19-15(11-17)13-5-3-2-4-6-13/h2-10,15H,1H3. The zero-order valence-electron chi connectivity index (χ0n) is 10.5. The molecule has 0 fully saturated rings. The third-order valence-electron chi connectivity index (χ3n) is 2.73. The molecule has 1 atom stereocenters. The van der Waals surface area contributed by atoms with Gasteiger partial charge in [-0.3, -0.25) is 0 Å². The summed E-state index contributed by atoms with van der Waals surface area (Å²) >= 11 is 0. The van der Waals surface area contributed by atoms with Crippen LogP contribution in [0.15, 0.2) is 54.6 Å². The van der Waals surface area contributed by atoms with Gasteiger partial charge in [-0.05, 0) is 19.1 Å². The first kappa shape index (κ1) is 12.8. The van der Waals surface area contributed by atoms with Crippen molar-refractivity contribution in [3.8, 4) is 6.07 Å². The number of hydrogen-bond acceptors (Lipinski definition) is 3. The normalized spacial score (nSPS) is 11.4. The number of rotatable bonds is 3. The maximum absolute atomic E-state index is 11.9. The van der Waals surface area contributed by atoms with Crippen molar-refractivity contribution in [3.05, 3.63) is 71.3 Å². The van der Waals surface area contributed by atoms with Crippen LogP contribution in [0.2, 0.25) is 0 Å². The molecule has 0 spiro atoms. The molecule has 0 N–H and O–H groups in total. The van der Waals surface area contributed by atoms with Gasteiger partial charge in [0, 0.05) is 5.56 Å². The number of nitrogens with zero attached hydrogens (tertiary/aromatic N) is 1. The van der Waals surface area contributed by atoms with E-state index in [0.717, 1.165) is 5.56 Å². The molecule has 19 heavy (non-hydrogen) atoms. The molecule has 0 amide bonds. The molecule has 94 valence electrons. The van der Waals surface area contributed by atoms with Crippen molar-refractivity contribution < 1.29 is 9.53 Å². The SMILES string of the molecule is Cc1ccc(C(=O)OC(C#N)c2ccccc2)cc1. The summed E-state index contributed by atoms with van der Waals surface area (Å²) in [6, 6.07) is 18.0. The highest BCUT2D eigenvalue weighted by atomic mass is 16.5. The van der Waals surface area contributed by atoms with E-state index in [-0.39, 0.29) is 0 Å². The van der Waals surface area contributed by atoms with Crippen molar-refractivity contribution in [2.45, 2.75) is 13.0 Å². The first-order valence-corrected chi connectivity index (χ1v) is 5.93. The van der Waals surface area contributed by atoms with Crippen LogP contribution in [0, 0.1) is 18.3 Å². The lowest BCUT2D eigenvalue weighted by Crippen LogP contribution is -2.10. The van der Waals surface area contributed by atoms with Crippen LogP contribution in [-0.2, 0) is 4.74 Å². The van der Waals surface area contributed by atoms with E-state index in [1.165, 1.54) is 0 Å². The Kier molecular flexibility index (Phi) is 3.94. The number of carbonyl (C=O) groups excluding carboxylic acids is 1. The summed E-state index contributed by atoms with van der Waals surface area (Å²) < 4.78 is 5.21. The largest absolute Gasteiger partial charge is 0.438 e. The molecule has 3 nitrogen and oxygen atoms in total. The Hall–Kier alpha value is -2.60. The Balaban J connectivity index is 2.13. The summed E-state index contributed by atoms with van der Waals surface area (Å²) in [6.45, 7) is 1.94. The van der Waals surface area contributed by atoms with Crippen LogP contribution in [0.25, 0.3) is 0 Å². The summed E-state index contributed by atoms with van der Waals surface area (Å²) in [5.74, 6) is -0.490. The van der Waals surface area contributed by atoms with Crippen LogP contribution < -0.4 is 0 Å². The molecule has 0 aromatic heterocycles. The van der Waals surface area contributed by atoms with Gasteiger partial charge in [0.2, 0.25) is 6.10 Å². The number of benzene rings is 2. The van der Waals surface area contributed by atoms with Crippen LogP contribution in [0.3, 0.4) is 0 Å². The molecule has 0 saturated heterocycles. The third kappa shape index (κ3) is 3.20. The van der Waals surface area contributed by atoms with Crippen molar-refractivity contribution in [1.29, 1.82) is 5.26 Å². The minimum Gasteiger partial charge on any atom is -0.438 e. The molecule has 3 heteroatoms. The average molecular weight is 251 g/mol. The van der Waals surface area contributed by atoms with Crippen LogP contribution in [-0.4, -0.2) is 5.97 Å². The highest BCUT2D eigenvalue weighted by molar-refractivity contribution is 5.89. The topological polar surface area (TPSA) is 50.1 Å². The molecule has 2 aromatic rings. The number of hydrogen-bond donors (Lipinski definition) is 0. The molecule has 0 aliphatic carbocycles. The molecule has 0 bridgehead atoms. The molecule has 0 aliphatic heterocycles. The fourth-order valence-electron chi connectivity index (χ4n) is 1.66. The van der Waals surface area contributed by atoms with Crippen LogP contribution >= 0.6 is 0 Å². The molecule has 0 aliphatic rings. The summed E-state index contributed by atoms with van der Waals surface area (Å²) in [5, 5.41) is 9.09. The summed E-state index contributed by atoms with van der Waals surface area (Å²) in [4.78, 5) is 11.9. The lowest BCUT2D eigenvalue weighted by molar-refractivity contribution is 0.0404. The van der Waals surface area contributed by atoms with Crippen molar-refractivity contribution in [2.24, 2.45) is 0 Å². The maximum Gasteiger partial charge on any atom is 0.339 e. The smallest absolute Gasteiger partial charge is 0.339 e. The second-order valence-electron chi connectivity index (χ2n) is 4.19. The lowest BCUT2D eigenvalue weighted by Gasteiger charge is -2.11. The van der Waals surface area contributed by atoms with Gasteiger partial charge in [-0.15, -0.1) is 0 Å². The minimum absolute atomic E-state index is 0.446. The van der Waals surface area contributed by atoms with Gasteiger partial charge in [0.25, 0.3) is 0 Å². The predicted molar refractivity (Wildman–Crippen MR) is 71.4 cm³/mol. The monoisotopic (exact) mass is 251 g/mol. The van der Waals surface area contributed by atoms with Crippen LogP contribution in [0.1, 0.15) is 27.6 Å². The van der Waals surface area contributed by atoms with E-state index in [1.54, 1.807) is 36.4 Å². The number of esters is 1. The summed E-state index contributed by atoms with van der Waals surface area (Å²) in [7, 11) is 0. The van der Waals surface area contributed by atoms with Crippen molar-refractivity contribution in [1.82, 2.24) is 0 Å². The Labute approximate surface area is 112 Å². The lowest BCUT2D eigenvalue weighted by atomic mass is 10.1. The van der Waals surface area contributed by atoms with E-state index in [9.17, 15) is 4.79 Å². The number of nitriles is 1. The summed E-state index contributed by atoms with van der Waals surface area (Å²) in [5.41, 5.74) is 2.18. The fraction of sp³-hybridized carbons (Fsp3) is 0.125. The minimum atomic E-state index is -0.880. The molecule has 0 heterocycles. The summed E-state index contributed by atoms with van der Waals surface area (Å²) in [6.07, 6.45) is -0.880. The number of carbonyl (C=O) groups is 1. The van der Waals surface area contributed by atoms with E-state index in [0.29, 0.717) is 11.1 Å². The zero-order valence-corrected chi connectivity index (χ0v) is 10.5. The van der Waals surface area contributed by atoms with Gasteiger partial charge in [-0.2, -0.15) is 5.26 Å². The van der Waals surface area contributed by atoms with E-state index in [2.05, 4.69) is 0 Å². The second kappa shape index (κ2) is 5.83. The molecular formula is C16H13NO2. The second-order valence-corrected chi connectivity index (χ2v) is 4.19. The highest BCUT2D eigenvalue weighted by Crippen LogP contribution is 2.18. The molecule has 2 rings (SSSR count). The van der Waals surface area contributed by atoms with Gasteiger partial charge >= 0.3 is 5.97 Å². The zero-order chi connectivity index (χ0) is 13.7. The Morgan fingerprint density at radius 3 is 2.32 bits per heavy atom. The highest BCUT2D eigenvalue weighted by Gasteiger charge is 2.16. The fourth-order valence-corrected chi connectivity index (χ4v) is 1.66. The third-order valence-corrected chi connectivity index (χ3v) is 2.73. The Morgan fingerprint density at radius 1 is 1.11 bits per heavy atom.